The maximum Gasteiger partial charge on any atom is 0.257 e. The van der Waals surface area contributed by atoms with Crippen molar-refractivity contribution in [1.29, 1.82) is 0 Å². The van der Waals surface area contributed by atoms with Gasteiger partial charge in [-0.15, -0.1) is 0 Å². The Kier molecular flexibility index (Phi) is 6.95. The van der Waals surface area contributed by atoms with Crippen LogP contribution in [0.2, 0.25) is 0 Å². The second kappa shape index (κ2) is 9.45. The number of aryl methyl sites for hydroxylation is 1. The van der Waals surface area contributed by atoms with E-state index in [1.54, 1.807) is 26.4 Å². The van der Waals surface area contributed by atoms with Crippen LogP contribution in [0.1, 0.15) is 12.0 Å². The second-order valence-electron chi connectivity index (χ2n) is 5.24. The topological polar surface area (TPSA) is 56.8 Å². The number of nitrogens with one attached hydrogen (secondary N) is 1. The number of hydrogen-bond acceptors (Lipinski definition) is 4. The molecule has 0 aliphatic rings. The van der Waals surface area contributed by atoms with Gasteiger partial charge in [0.2, 0.25) is 0 Å². The van der Waals surface area contributed by atoms with Gasteiger partial charge in [0.05, 0.1) is 14.2 Å². The largest absolute Gasteiger partial charge is 0.497 e. The molecule has 0 spiro atoms. The van der Waals surface area contributed by atoms with Crippen molar-refractivity contribution in [1.82, 2.24) is 5.32 Å². The van der Waals surface area contributed by atoms with Gasteiger partial charge in [-0.05, 0) is 42.7 Å². The minimum Gasteiger partial charge on any atom is -0.497 e. The van der Waals surface area contributed by atoms with E-state index in [9.17, 15) is 4.79 Å². The summed E-state index contributed by atoms with van der Waals surface area (Å²) < 4.78 is 15.9. The van der Waals surface area contributed by atoms with Crippen LogP contribution in [0.15, 0.2) is 48.5 Å². The lowest BCUT2D eigenvalue weighted by molar-refractivity contribution is -0.123. The van der Waals surface area contributed by atoms with E-state index in [0.29, 0.717) is 18.0 Å². The van der Waals surface area contributed by atoms with Gasteiger partial charge in [0.15, 0.2) is 18.1 Å². The van der Waals surface area contributed by atoms with E-state index in [-0.39, 0.29) is 12.5 Å². The lowest BCUT2D eigenvalue weighted by Crippen LogP contribution is -2.30. The van der Waals surface area contributed by atoms with Crippen LogP contribution in [0.25, 0.3) is 0 Å². The van der Waals surface area contributed by atoms with Gasteiger partial charge in [0, 0.05) is 6.54 Å². The van der Waals surface area contributed by atoms with Crippen LogP contribution in [0.5, 0.6) is 17.2 Å². The van der Waals surface area contributed by atoms with Gasteiger partial charge in [-0.2, -0.15) is 0 Å². The Morgan fingerprint density at radius 3 is 2.54 bits per heavy atom. The number of amides is 1. The molecule has 0 saturated carbocycles. The van der Waals surface area contributed by atoms with Crippen LogP contribution in [0.4, 0.5) is 0 Å². The molecule has 0 saturated heterocycles. The van der Waals surface area contributed by atoms with Crippen LogP contribution in [-0.2, 0) is 11.2 Å². The molecule has 0 aliphatic carbocycles. The minimum atomic E-state index is -0.147. The number of para-hydroxylation sites is 2. The summed E-state index contributed by atoms with van der Waals surface area (Å²) >= 11 is 0. The Bertz CT molecular complexity index is 657. The molecule has 24 heavy (non-hydrogen) atoms. The summed E-state index contributed by atoms with van der Waals surface area (Å²) in [7, 11) is 3.22. The number of hydrogen-bond donors (Lipinski definition) is 1. The molecule has 5 heteroatoms. The molecule has 1 amide bonds. The lowest BCUT2D eigenvalue weighted by Gasteiger charge is -2.10. The van der Waals surface area contributed by atoms with Gasteiger partial charge in [0.1, 0.15) is 5.75 Å². The van der Waals surface area contributed by atoms with E-state index in [4.69, 9.17) is 14.2 Å². The summed E-state index contributed by atoms with van der Waals surface area (Å²) in [6.45, 7) is 0.574. The van der Waals surface area contributed by atoms with E-state index in [0.717, 1.165) is 18.6 Å². The molecular formula is C19H23NO4. The van der Waals surface area contributed by atoms with E-state index in [1.807, 2.05) is 30.3 Å². The predicted molar refractivity (Wildman–Crippen MR) is 92.8 cm³/mol. The highest BCUT2D eigenvalue weighted by atomic mass is 16.5. The van der Waals surface area contributed by atoms with Crippen LogP contribution >= 0.6 is 0 Å². The predicted octanol–water partition coefficient (Wildman–Crippen LogP) is 2.83. The molecule has 1 N–H and O–H groups in total. The van der Waals surface area contributed by atoms with Gasteiger partial charge in [-0.1, -0.05) is 24.3 Å². The number of carbonyl (C=O) groups is 1. The maximum atomic E-state index is 11.8. The van der Waals surface area contributed by atoms with E-state index in [2.05, 4.69) is 11.4 Å². The number of benzene rings is 2. The molecule has 0 bridgehead atoms. The third-order valence-electron chi connectivity index (χ3n) is 3.53. The lowest BCUT2D eigenvalue weighted by atomic mass is 10.1. The average Bonchev–Trinajstić information content (AvgIpc) is 2.64. The fourth-order valence-corrected chi connectivity index (χ4v) is 2.28. The molecule has 0 aliphatic heterocycles. The molecular weight excluding hydrogens is 306 g/mol. The quantitative estimate of drug-likeness (QED) is 0.719. The average molecular weight is 329 g/mol. The monoisotopic (exact) mass is 329 g/mol. The summed E-state index contributed by atoms with van der Waals surface area (Å²) in [5.41, 5.74) is 1.19. The summed E-state index contributed by atoms with van der Waals surface area (Å²) in [4.78, 5) is 11.8. The molecule has 2 aromatic carbocycles. The van der Waals surface area contributed by atoms with Crippen LogP contribution < -0.4 is 19.5 Å². The van der Waals surface area contributed by atoms with Crippen LogP contribution in [0, 0.1) is 0 Å². The summed E-state index contributed by atoms with van der Waals surface area (Å²) in [5.74, 6) is 1.88. The highest BCUT2D eigenvalue weighted by Crippen LogP contribution is 2.25. The van der Waals surface area contributed by atoms with Gasteiger partial charge >= 0.3 is 0 Å². The molecule has 0 heterocycles. The zero-order chi connectivity index (χ0) is 17.2. The first-order valence-electron chi connectivity index (χ1n) is 7.88. The maximum absolute atomic E-state index is 11.8. The highest BCUT2D eigenvalue weighted by molar-refractivity contribution is 5.77. The fourth-order valence-electron chi connectivity index (χ4n) is 2.28. The summed E-state index contributed by atoms with van der Waals surface area (Å²) in [6.07, 6.45) is 1.73. The molecule has 2 aromatic rings. The number of methoxy groups -OCH3 is 2. The second-order valence-corrected chi connectivity index (χ2v) is 5.24. The van der Waals surface area contributed by atoms with Crippen LogP contribution in [-0.4, -0.2) is 33.3 Å². The summed E-state index contributed by atoms with van der Waals surface area (Å²) in [6, 6.07) is 15.2. The number of ether oxygens (including phenoxy) is 3. The molecule has 0 radical (unpaired) electrons. The minimum absolute atomic E-state index is 0.0282. The third-order valence-corrected chi connectivity index (χ3v) is 3.53. The Morgan fingerprint density at radius 1 is 1.00 bits per heavy atom. The third kappa shape index (κ3) is 5.50. The van der Waals surface area contributed by atoms with Crippen molar-refractivity contribution < 1.29 is 19.0 Å². The molecule has 5 nitrogen and oxygen atoms in total. The molecule has 0 atom stereocenters. The van der Waals surface area contributed by atoms with Gasteiger partial charge in [-0.25, -0.2) is 0 Å². The van der Waals surface area contributed by atoms with Gasteiger partial charge in [0.25, 0.3) is 5.91 Å². The standard InChI is InChI=1S/C19H23NO4/c1-22-16-9-5-7-15(13-16)8-6-12-20-19(21)14-24-18-11-4-3-10-17(18)23-2/h3-5,7,9-11,13H,6,8,12,14H2,1-2H3,(H,20,21). The van der Waals surface area contributed by atoms with Gasteiger partial charge < -0.3 is 19.5 Å². The van der Waals surface area contributed by atoms with Crippen LogP contribution in [0.3, 0.4) is 0 Å². The van der Waals surface area contributed by atoms with Crippen molar-refractivity contribution in [3.8, 4) is 17.2 Å². The Morgan fingerprint density at radius 2 is 1.79 bits per heavy atom. The van der Waals surface area contributed by atoms with Crippen molar-refractivity contribution in [2.24, 2.45) is 0 Å². The smallest absolute Gasteiger partial charge is 0.257 e. The zero-order valence-electron chi connectivity index (χ0n) is 14.1. The summed E-state index contributed by atoms with van der Waals surface area (Å²) in [5, 5.41) is 2.85. The zero-order valence-corrected chi connectivity index (χ0v) is 14.1. The van der Waals surface area contributed by atoms with Crippen molar-refractivity contribution >= 4 is 5.91 Å². The normalized spacial score (nSPS) is 10.1. The molecule has 0 unspecified atom stereocenters. The van der Waals surface area contributed by atoms with Gasteiger partial charge in [-0.3, -0.25) is 4.79 Å². The van der Waals surface area contributed by atoms with E-state index >= 15 is 0 Å². The molecule has 128 valence electrons. The number of carbonyl (C=O) groups excluding carboxylic acids is 1. The first-order chi connectivity index (χ1) is 11.7. The Balaban J connectivity index is 1.68. The van der Waals surface area contributed by atoms with Crippen molar-refractivity contribution in [2.45, 2.75) is 12.8 Å². The van der Waals surface area contributed by atoms with Crippen molar-refractivity contribution in [2.75, 3.05) is 27.4 Å². The highest BCUT2D eigenvalue weighted by Gasteiger charge is 2.06. The Hall–Kier alpha value is -2.69. The SMILES string of the molecule is COc1cccc(CCCNC(=O)COc2ccccc2OC)c1. The first kappa shape index (κ1) is 17.7. The Labute approximate surface area is 142 Å². The van der Waals surface area contributed by atoms with Crippen molar-refractivity contribution in [3.05, 3.63) is 54.1 Å². The molecule has 2 rings (SSSR count). The van der Waals surface area contributed by atoms with E-state index in [1.165, 1.54) is 5.56 Å². The van der Waals surface area contributed by atoms with Crippen molar-refractivity contribution in [3.63, 3.8) is 0 Å². The molecule has 0 fully saturated rings. The first-order valence-corrected chi connectivity index (χ1v) is 7.88. The molecule has 0 aromatic heterocycles. The fraction of sp³-hybridized carbons (Fsp3) is 0.316. The van der Waals surface area contributed by atoms with E-state index < -0.39 is 0 Å². The number of rotatable bonds is 9.